The third-order valence-corrected chi connectivity index (χ3v) is 2.71. The number of hydrogen-bond acceptors (Lipinski definition) is 3. The van der Waals surface area contributed by atoms with Crippen molar-refractivity contribution in [3.05, 3.63) is 24.0 Å². The molecule has 0 saturated heterocycles. The molecule has 0 unspecified atom stereocenters. The van der Waals surface area contributed by atoms with E-state index in [1.807, 2.05) is 6.07 Å². The van der Waals surface area contributed by atoms with Crippen molar-refractivity contribution in [3.63, 3.8) is 0 Å². The van der Waals surface area contributed by atoms with E-state index in [1.54, 1.807) is 12.3 Å². The Morgan fingerprint density at radius 2 is 2.00 bits per heavy atom. The van der Waals surface area contributed by atoms with Gasteiger partial charge in [0.25, 0.3) is 5.91 Å². The van der Waals surface area contributed by atoms with Gasteiger partial charge in [0.05, 0.1) is 0 Å². The second-order valence-corrected chi connectivity index (χ2v) is 5.64. The third-order valence-electron chi connectivity index (χ3n) is 2.71. The zero-order chi connectivity index (χ0) is 14.3. The van der Waals surface area contributed by atoms with Crippen LogP contribution in [0.15, 0.2) is 18.3 Å². The number of carbonyl (C=O) groups is 1. The summed E-state index contributed by atoms with van der Waals surface area (Å²) in [6.07, 6.45) is 2.65. The lowest BCUT2D eigenvalue weighted by molar-refractivity contribution is 0.0947. The van der Waals surface area contributed by atoms with Crippen molar-refractivity contribution < 1.29 is 4.79 Å². The molecular formula is C15H25N3O. The topological polar surface area (TPSA) is 54.0 Å². The highest BCUT2D eigenvalue weighted by atomic mass is 16.1. The van der Waals surface area contributed by atoms with E-state index in [9.17, 15) is 4.79 Å². The average molecular weight is 263 g/mol. The molecule has 4 nitrogen and oxygen atoms in total. The molecule has 0 atom stereocenters. The second kappa shape index (κ2) is 7.77. The minimum Gasteiger partial charge on any atom is -0.385 e. The maximum Gasteiger partial charge on any atom is 0.269 e. The summed E-state index contributed by atoms with van der Waals surface area (Å²) in [5.41, 5.74) is 1.41. The molecule has 0 aliphatic carbocycles. The Hall–Kier alpha value is -1.58. The first-order valence-corrected chi connectivity index (χ1v) is 6.97. The van der Waals surface area contributed by atoms with Crippen molar-refractivity contribution in [2.75, 3.05) is 18.4 Å². The van der Waals surface area contributed by atoms with Gasteiger partial charge in [0.15, 0.2) is 0 Å². The van der Waals surface area contributed by atoms with Crippen molar-refractivity contribution in [1.82, 2.24) is 10.3 Å². The average Bonchev–Trinajstić information content (AvgIpc) is 2.36. The summed E-state index contributed by atoms with van der Waals surface area (Å²) in [4.78, 5) is 16.0. The van der Waals surface area contributed by atoms with E-state index in [0.29, 0.717) is 24.1 Å². The van der Waals surface area contributed by atoms with Crippen LogP contribution >= 0.6 is 0 Å². The first-order valence-electron chi connectivity index (χ1n) is 6.97. The summed E-state index contributed by atoms with van der Waals surface area (Å²) >= 11 is 0. The Bertz CT molecular complexity index is 402. The molecule has 1 aromatic rings. The van der Waals surface area contributed by atoms with E-state index in [2.05, 4.69) is 43.3 Å². The maximum absolute atomic E-state index is 11.9. The molecule has 106 valence electrons. The number of amides is 1. The SMILES string of the molecule is CC(C)CCNC(=O)c1cc(NCC(C)C)ccn1. The lowest BCUT2D eigenvalue weighted by atomic mass is 10.1. The van der Waals surface area contributed by atoms with Crippen molar-refractivity contribution >= 4 is 11.6 Å². The Labute approximate surface area is 116 Å². The molecule has 0 spiro atoms. The van der Waals surface area contributed by atoms with Crippen molar-refractivity contribution in [2.45, 2.75) is 34.1 Å². The molecule has 0 aliphatic heterocycles. The number of nitrogens with zero attached hydrogens (tertiary/aromatic N) is 1. The van der Waals surface area contributed by atoms with E-state index < -0.39 is 0 Å². The summed E-state index contributed by atoms with van der Waals surface area (Å²) in [5, 5.41) is 6.19. The van der Waals surface area contributed by atoms with Gasteiger partial charge in [-0.05, 0) is 30.4 Å². The predicted octanol–water partition coefficient (Wildman–Crippen LogP) is 2.93. The fraction of sp³-hybridized carbons (Fsp3) is 0.600. The molecular weight excluding hydrogens is 238 g/mol. The molecule has 1 amide bonds. The van der Waals surface area contributed by atoms with Crippen molar-refractivity contribution in [2.24, 2.45) is 11.8 Å². The Morgan fingerprint density at radius 3 is 2.63 bits per heavy atom. The molecule has 0 aromatic carbocycles. The number of nitrogens with one attached hydrogen (secondary N) is 2. The molecule has 1 heterocycles. The van der Waals surface area contributed by atoms with Crippen LogP contribution in [0.1, 0.15) is 44.6 Å². The van der Waals surface area contributed by atoms with Gasteiger partial charge in [-0.15, -0.1) is 0 Å². The van der Waals surface area contributed by atoms with Crippen LogP contribution in [0.2, 0.25) is 0 Å². The van der Waals surface area contributed by atoms with Gasteiger partial charge in [0.2, 0.25) is 0 Å². The number of pyridine rings is 1. The molecule has 0 radical (unpaired) electrons. The van der Waals surface area contributed by atoms with Crippen LogP contribution in [0.5, 0.6) is 0 Å². The van der Waals surface area contributed by atoms with Gasteiger partial charge in [0, 0.05) is 25.0 Å². The van der Waals surface area contributed by atoms with E-state index in [4.69, 9.17) is 0 Å². The Morgan fingerprint density at radius 1 is 1.26 bits per heavy atom. The number of hydrogen-bond donors (Lipinski definition) is 2. The largest absolute Gasteiger partial charge is 0.385 e. The molecule has 0 bridgehead atoms. The Kier molecular flexibility index (Phi) is 6.33. The van der Waals surface area contributed by atoms with E-state index >= 15 is 0 Å². The lowest BCUT2D eigenvalue weighted by Crippen LogP contribution is -2.26. The molecule has 4 heteroatoms. The molecule has 2 N–H and O–H groups in total. The summed E-state index contributed by atoms with van der Waals surface area (Å²) in [6, 6.07) is 3.68. The number of rotatable bonds is 7. The highest BCUT2D eigenvalue weighted by Crippen LogP contribution is 2.09. The van der Waals surface area contributed by atoms with Crippen molar-refractivity contribution in [3.8, 4) is 0 Å². The van der Waals surface area contributed by atoms with E-state index in [1.165, 1.54) is 0 Å². The maximum atomic E-state index is 11.9. The lowest BCUT2D eigenvalue weighted by Gasteiger charge is -2.10. The highest BCUT2D eigenvalue weighted by molar-refractivity contribution is 5.93. The van der Waals surface area contributed by atoms with Gasteiger partial charge < -0.3 is 10.6 Å². The standard InChI is InChI=1S/C15H25N3O/c1-11(2)5-7-17-15(19)14-9-13(6-8-16-14)18-10-12(3)4/h6,8-9,11-12H,5,7,10H2,1-4H3,(H,16,18)(H,17,19). The van der Waals surface area contributed by atoms with Crippen LogP contribution in [-0.4, -0.2) is 24.0 Å². The van der Waals surface area contributed by atoms with Crippen LogP contribution in [0.25, 0.3) is 0 Å². The quantitative estimate of drug-likeness (QED) is 0.795. The van der Waals surface area contributed by atoms with Crippen LogP contribution in [-0.2, 0) is 0 Å². The van der Waals surface area contributed by atoms with E-state index in [0.717, 1.165) is 18.7 Å². The molecule has 0 fully saturated rings. The fourth-order valence-electron chi connectivity index (χ4n) is 1.55. The zero-order valence-corrected chi connectivity index (χ0v) is 12.4. The predicted molar refractivity (Wildman–Crippen MR) is 79.4 cm³/mol. The van der Waals surface area contributed by atoms with Gasteiger partial charge in [-0.1, -0.05) is 27.7 Å². The molecule has 19 heavy (non-hydrogen) atoms. The van der Waals surface area contributed by atoms with Crippen LogP contribution in [0.4, 0.5) is 5.69 Å². The smallest absolute Gasteiger partial charge is 0.269 e. The molecule has 0 aliphatic rings. The van der Waals surface area contributed by atoms with Gasteiger partial charge in [-0.2, -0.15) is 0 Å². The first-order chi connectivity index (χ1) is 8.99. The Balaban J connectivity index is 2.52. The molecule has 1 rings (SSSR count). The van der Waals surface area contributed by atoms with Crippen molar-refractivity contribution in [1.29, 1.82) is 0 Å². The number of carbonyl (C=O) groups excluding carboxylic acids is 1. The zero-order valence-electron chi connectivity index (χ0n) is 12.4. The minimum atomic E-state index is -0.103. The van der Waals surface area contributed by atoms with Gasteiger partial charge in [-0.25, -0.2) is 0 Å². The summed E-state index contributed by atoms with van der Waals surface area (Å²) < 4.78 is 0. The monoisotopic (exact) mass is 263 g/mol. The van der Waals surface area contributed by atoms with Crippen LogP contribution in [0, 0.1) is 11.8 Å². The first kappa shape index (κ1) is 15.5. The van der Waals surface area contributed by atoms with Gasteiger partial charge in [0.1, 0.15) is 5.69 Å². The van der Waals surface area contributed by atoms with Gasteiger partial charge >= 0.3 is 0 Å². The van der Waals surface area contributed by atoms with Crippen LogP contribution in [0.3, 0.4) is 0 Å². The fourth-order valence-corrected chi connectivity index (χ4v) is 1.55. The molecule has 0 saturated carbocycles. The summed E-state index contributed by atoms with van der Waals surface area (Å²) in [7, 11) is 0. The molecule has 1 aromatic heterocycles. The number of aromatic nitrogens is 1. The van der Waals surface area contributed by atoms with Crippen LogP contribution < -0.4 is 10.6 Å². The third kappa shape index (κ3) is 6.22. The number of anilines is 1. The minimum absolute atomic E-state index is 0.103. The summed E-state index contributed by atoms with van der Waals surface area (Å²) in [5.74, 6) is 1.05. The summed E-state index contributed by atoms with van der Waals surface area (Å²) in [6.45, 7) is 10.2. The second-order valence-electron chi connectivity index (χ2n) is 5.64. The van der Waals surface area contributed by atoms with Gasteiger partial charge in [-0.3, -0.25) is 9.78 Å². The highest BCUT2D eigenvalue weighted by Gasteiger charge is 2.07. The normalized spacial score (nSPS) is 10.8. The van der Waals surface area contributed by atoms with E-state index in [-0.39, 0.29) is 5.91 Å².